The first-order valence-electron chi connectivity index (χ1n) is 9.47. The molecule has 0 saturated carbocycles. The summed E-state index contributed by atoms with van der Waals surface area (Å²) in [5, 5.41) is 10.1. The molecule has 1 aromatic carbocycles. The Labute approximate surface area is 167 Å². The minimum atomic E-state index is -0.299. The summed E-state index contributed by atoms with van der Waals surface area (Å²) in [6.45, 7) is 4.08. The summed E-state index contributed by atoms with van der Waals surface area (Å²) in [5.74, 6) is -0.537. The van der Waals surface area contributed by atoms with Crippen LogP contribution >= 0.6 is 0 Å². The first-order chi connectivity index (χ1) is 13.9. The number of aryl methyl sites for hydroxylation is 2. The van der Waals surface area contributed by atoms with Crippen molar-refractivity contribution in [3.63, 3.8) is 0 Å². The van der Waals surface area contributed by atoms with E-state index in [0.717, 1.165) is 6.42 Å². The second-order valence-corrected chi connectivity index (χ2v) is 6.88. The van der Waals surface area contributed by atoms with Crippen molar-refractivity contribution >= 4 is 28.5 Å². The Morgan fingerprint density at radius 2 is 2.00 bits per heavy atom. The number of carbonyl (C=O) groups excluding carboxylic acids is 2. The lowest BCUT2D eigenvalue weighted by molar-refractivity contribution is -0.116. The molecule has 0 bridgehead atoms. The normalized spacial score (nSPS) is 12.0. The van der Waals surface area contributed by atoms with Crippen LogP contribution in [0.4, 0.5) is 5.69 Å². The molecule has 2 heterocycles. The standard InChI is InChI=1S/C20H24N6O3/c1-4-13(2)23-19(28)14-7-5-6-8-16(14)24-17(27)9-10-26-12-21-18-15(20(26)29)11-22-25(18)3/h5-8,11-13H,4,9-10H2,1-3H3,(H,23,28)(H,24,27). The molecule has 0 spiro atoms. The van der Waals surface area contributed by atoms with Crippen molar-refractivity contribution in [2.45, 2.75) is 39.3 Å². The van der Waals surface area contributed by atoms with Gasteiger partial charge in [-0.1, -0.05) is 19.1 Å². The Balaban J connectivity index is 1.68. The molecule has 3 aromatic rings. The number of benzene rings is 1. The van der Waals surface area contributed by atoms with Gasteiger partial charge in [0.15, 0.2) is 5.65 Å². The zero-order valence-electron chi connectivity index (χ0n) is 16.7. The predicted molar refractivity (Wildman–Crippen MR) is 110 cm³/mol. The minimum absolute atomic E-state index is 0.0352. The van der Waals surface area contributed by atoms with Crippen molar-refractivity contribution in [2.24, 2.45) is 7.05 Å². The maximum Gasteiger partial charge on any atom is 0.264 e. The highest BCUT2D eigenvalue weighted by atomic mass is 16.2. The first kappa shape index (κ1) is 20.2. The second-order valence-electron chi connectivity index (χ2n) is 6.88. The van der Waals surface area contributed by atoms with Crippen molar-refractivity contribution in [2.75, 3.05) is 5.32 Å². The SMILES string of the molecule is CCC(C)NC(=O)c1ccccc1NC(=O)CCn1cnc2c(cnn2C)c1=O. The number of amides is 2. The maximum atomic E-state index is 12.5. The molecule has 2 amide bonds. The molecule has 2 aromatic heterocycles. The van der Waals surface area contributed by atoms with Crippen LogP contribution in [0.1, 0.15) is 37.0 Å². The number of hydrogen-bond donors (Lipinski definition) is 2. The Hall–Kier alpha value is -3.49. The van der Waals surface area contributed by atoms with Crippen LogP contribution in [0.15, 0.2) is 41.6 Å². The van der Waals surface area contributed by atoms with Crippen molar-refractivity contribution in [3.8, 4) is 0 Å². The van der Waals surface area contributed by atoms with E-state index in [-0.39, 0.29) is 36.4 Å². The largest absolute Gasteiger partial charge is 0.350 e. The van der Waals surface area contributed by atoms with E-state index < -0.39 is 0 Å². The number of aromatic nitrogens is 4. The molecule has 9 nitrogen and oxygen atoms in total. The van der Waals surface area contributed by atoms with Gasteiger partial charge in [-0.3, -0.25) is 23.6 Å². The number of nitrogens with zero attached hydrogens (tertiary/aromatic N) is 4. The highest BCUT2D eigenvalue weighted by Gasteiger charge is 2.15. The van der Waals surface area contributed by atoms with Crippen LogP contribution in [0.25, 0.3) is 11.0 Å². The van der Waals surface area contributed by atoms with E-state index in [4.69, 9.17) is 0 Å². The molecule has 152 valence electrons. The van der Waals surface area contributed by atoms with Gasteiger partial charge in [-0.15, -0.1) is 0 Å². The van der Waals surface area contributed by atoms with Gasteiger partial charge in [0, 0.05) is 26.1 Å². The van der Waals surface area contributed by atoms with E-state index in [9.17, 15) is 14.4 Å². The summed E-state index contributed by atoms with van der Waals surface area (Å²) in [5.41, 5.74) is 1.09. The lowest BCUT2D eigenvalue weighted by Crippen LogP contribution is -2.32. The van der Waals surface area contributed by atoms with Gasteiger partial charge in [0.25, 0.3) is 11.5 Å². The number of rotatable bonds is 7. The molecule has 0 aliphatic heterocycles. The van der Waals surface area contributed by atoms with Crippen LogP contribution in [0.3, 0.4) is 0 Å². The summed E-state index contributed by atoms with van der Waals surface area (Å²) in [7, 11) is 1.71. The Bertz CT molecular complexity index is 1100. The molecule has 0 aliphatic rings. The van der Waals surface area contributed by atoms with Crippen LogP contribution in [0, 0.1) is 0 Å². The van der Waals surface area contributed by atoms with Crippen molar-refractivity contribution in [1.82, 2.24) is 24.6 Å². The maximum absolute atomic E-state index is 12.5. The zero-order valence-corrected chi connectivity index (χ0v) is 16.7. The lowest BCUT2D eigenvalue weighted by Gasteiger charge is -2.14. The summed E-state index contributed by atoms with van der Waals surface area (Å²) in [6, 6.07) is 6.88. The summed E-state index contributed by atoms with van der Waals surface area (Å²) in [4.78, 5) is 41.6. The van der Waals surface area contributed by atoms with Gasteiger partial charge < -0.3 is 10.6 Å². The van der Waals surface area contributed by atoms with Gasteiger partial charge in [0.2, 0.25) is 5.91 Å². The summed E-state index contributed by atoms with van der Waals surface area (Å²) >= 11 is 0. The number of para-hydroxylation sites is 1. The fourth-order valence-corrected chi connectivity index (χ4v) is 2.85. The third-order valence-corrected chi connectivity index (χ3v) is 4.73. The van der Waals surface area contributed by atoms with Crippen LogP contribution < -0.4 is 16.2 Å². The highest BCUT2D eigenvalue weighted by Crippen LogP contribution is 2.16. The average Bonchev–Trinajstić information content (AvgIpc) is 3.09. The monoisotopic (exact) mass is 396 g/mol. The molecule has 2 N–H and O–H groups in total. The third kappa shape index (κ3) is 4.50. The van der Waals surface area contributed by atoms with E-state index in [1.54, 1.807) is 31.3 Å². The van der Waals surface area contributed by atoms with Gasteiger partial charge in [0.1, 0.15) is 5.39 Å². The molecule has 0 fully saturated rings. The highest BCUT2D eigenvalue weighted by molar-refractivity contribution is 6.03. The van der Waals surface area contributed by atoms with E-state index in [1.807, 2.05) is 13.8 Å². The Kier molecular flexibility index (Phi) is 6.06. The van der Waals surface area contributed by atoms with E-state index in [0.29, 0.717) is 22.3 Å². The molecule has 1 unspecified atom stereocenters. The number of carbonyl (C=O) groups is 2. The fourth-order valence-electron chi connectivity index (χ4n) is 2.85. The van der Waals surface area contributed by atoms with Crippen LogP contribution in [-0.4, -0.2) is 37.2 Å². The predicted octanol–water partition coefficient (Wildman–Crippen LogP) is 1.69. The topological polar surface area (TPSA) is 111 Å². The number of hydrogen-bond acceptors (Lipinski definition) is 5. The van der Waals surface area contributed by atoms with Crippen molar-refractivity contribution in [1.29, 1.82) is 0 Å². The van der Waals surface area contributed by atoms with Gasteiger partial charge in [0.05, 0.1) is 23.8 Å². The van der Waals surface area contributed by atoms with E-state index in [1.165, 1.54) is 21.8 Å². The zero-order chi connectivity index (χ0) is 21.0. The molecule has 29 heavy (non-hydrogen) atoms. The molecule has 0 saturated heterocycles. The molecule has 1 atom stereocenters. The Morgan fingerprint density at radius 1 is 1.24 bits per heavy atom. The van der Waals surface area contributed by atoms with Gasteiger partial charge >= 0.3 is 0 Å². The quantitative estimate of drug-likeness (QED) is 0.631. The molecule has 0 radical (unpaired) electrons. The molecular formula is C20H24N6O3. The summed E-state index contributed by atoms with van der Waals surface area (Å²) in [6.07, 6.45) is 3.75. The van der Waals surface area contributed by atoms with Gasteiger partial charge in [-0.2, -0.15) is 5.10 Å². The third-order valence-electron chi connectivity index (χ3n) is 4.73. The van der Waals surface area contributed by atoms with E-state index in [2.05, 4.69) is 20.7 Å². The van der Waals surface area contributed by atoms with Gasteiger partial charge in [-0.25, -0.2) is 4.98 Å². The van der Waals surface area contributed by atoms with Crippen LogP contribution in [0.5, 0.6) is 0 Å². The van der Waals surface area contributed by atoms with Crippen molar-refractivity contribution in [3.05, 3.63) is 52.7 Å². The number of anilines is 1. The molecule has 9 heteroatoms. The fraction of sp³-hybridized carbons (Fsp3) is 0.350. The number of nitrogens with one attached hydrogen (secondary N) is 2. The molecule has 0 aliphatic carbocycles. The summed E-state index contributed by atoms with van der Waals surface area (Å²) < 4.78 is 2.90. The molecule has 3 rings (SSSR count). The van der Waals surface area contributed by atoms with E-state index >= 15 is 0 Å². The average molecular weight is 396 g/mol. The first-order valence-corrected chi connectivity index (χ1v) is 9.47. The lowest BCUT2D eigenvalue weighted by atomic mass is 10.1. The van der Waals surface area contributed by atoms with Gasteiger partial charge in [-0.05, 0) is 25.5 Å². The minimum Gasteiger partial charge on any atom is -0.350 e. The van der Waals surface area contributed by atoms with Crippen LogP contribution in [0.2, 0.25) is 0 Å². The smallest absolute Gasteiger partial charge is 0.264 e. The second kappa shape index (κ2) is 8.68. The number of fused-ring (bicyclic) bond motifs is 1. The van der Waals surface area contributed by atoms with Crippen LogP contribution in [-0.2, 0) is 18.4 Å². The Morgan fingerprint density at radius 3 is 2.76 bits per heavy atom. The van der Waals surface area contributed by atoms with Crippen molar-refractivity contribution < 1.29 is 9.59 Å². The molecular weight excluding hydrogens is 372 g/mol.